The lowest BCUT2D eigenvalue weighted by Gasteiger charge is -2.42. The van der Waals surface area contributed by atoms with Gasteiger partial charge in [0.1, 0.15) is 0 Å². The summed E-state index contributed by atoms with van der Waals surface area (Å²) < 4.78 is 6.05. The largest absolute Gasteiger partial charge is 0.378 e. The van der Waals surface area contributed by atoms with Gasteiger partial charge >= 0.3 is 0 Å². The van der Waals surface area contributed by atoms with E-state index in [1.165, 1.54) is 24.9 Å². The van der Waals surface area contributed by atoms with Crippen LogP contribution in [0, 0.1) is 5.41 Å². The van der Waals surface area contributed by atoms with Gasteiger partial charge in [0, 0.05) is 22.8 Å². The molecule has 0 aromatic carbocycles. The Morgan fingerprint density at radius 2 is 1.47 bits per heavy atom. The molecule has 17 heavy (non-hydrogen) atoms. The average Bonchev–Trinajstić information content (AvgIpc) is 2.45. The van der Waals surface area contributed by atoms with Crippen molar-refractivity contribution in [3.8, 4) is 0 Å². The molecular weight excluding hydrogens is 240 g/mol. The molecule has 1 saturated heterocycles. The van der Waals surface area contributed by atoms with Crippen LogP contribution in [0.3, 0.4) is 0 Å². The van der Waals surface area contributed by atoms with Crippen molar-refractivity contribution in [2.45, 2.75) is 77.2 Å². The number of hydrogen-bond acceptors (Lipinski definition) is 1. The molecule has 0 unspecified atom stereocenters. The van der Waals surface area contributed by atoms with Crippen LogP contribution in [0.5, 0.6) is 0 Å². The lowest BCUT2D eigenvalue weighted by atomic mass is 9.86. The molecule has 0 spiro atoms. The van der Waals surface area contributed by atoms with Crippen LogP contribution < -0.4 is 0 Å². The summed E-state index contributed by atoms with van der Waals surface area (Å²) in [4.78, 5) is 0. The Balaban J connectivity index is 2.83. The fourth-order valence-corrected chi connectivity index (χ4v) is 9.64. The third kappa shape index (κ3) is 5.27. The fourth-order valence-electron chi connectivity index (χ4n) is 3.84. The third-order valence-corrected chi connectivity index (χ3v) is 7.31. The Morgan fingerprint density at radius 3 is 1.76 bits per heavy atom. The molecule has 3 heteroatoms. The van der Waals surface area contributed by atoms with E-state index >= 15 is 0 Å². The summed E-state index contributed by atoms with van der Waals surface area (Å²) in [5.74, 6) is 0. The molecule has 0 bridgehead atoms. The van der Waals surface area contributed by atoms with Crippen molar-refractivity contribution in [2.24, 2.45) is 5.41 Å². The second-order valence-corrected chi connectivity index (χ2v) is 19.6. The van der Waals surface area contributed by atoms with E-state index in [1.807, 2.05) is 0 Å². The van der Waals surface area contributed by atoms with Crippen LogP contribution in [0.2, 0.25) is 51.4 Å². The van der Waals surface area contributed by atoms with Crippen LogP contribution >= 0.6 is 0 Å². The second-order valence-electron chi connectivity index (χ2n) is 8.63. The molecule has 1 rings (SSSR count). The van der Waals surface area contributed by atoms with Crippen molar-refractivity contribution in [2.75, 3.05) is 6.61 Å². The monoisotopic (exact) mass is 272 g/mol. The van der Waals surface area contributed by atoms with Crippen LogP contribution in [0.25, 0.3) is 0 Å². The maximum atomic E-state index is 6.05. The highest BCUT2D eigenvalue weighted by Crippen LogP contribution is 2.44. The fraction of sp³-hybridized carbons (Fsp3) is 1.00. The van der Waals surface area contributed by atoms with E-state index in [0.717, 1.165) is 6.61 Å². The van der Waals surface area contributed by atoms with Gasteiger partial charge in [-0.05, 0) is 18.3 Å². The Morgan fingerprint density at radius 1 is 1.00 bits per heavy atom. The first-order valence-corrected chi connectivity index (χ1v) is 14.5. The Bertz CT molecular complexity index is 228. The molecule has 0 amide bonds. The molecule has 1 nitrogen and oxygen atoms in total. The molecule has 0 aromatic rings. The van der Waals surface area contributed by atoms with Crippen LogP contribution in [-0.4, -0.2) is 28.9 Å². The Labute approximate surface area is 110 Å². The van der Waals surface area contributed by atoms with E-state index in [0.29, 0.717) is 11.5 Å². The van der Waals surface area contributed by atoms with Gasteiger partial charge < -0.3 is 4.74 Å². The van der Waals surface area contributed by atoms with Crippen molar-refractivity contribution in [1.82, 2.24) is 0 Å². The van der Waals surface area contributed by atoms with Gasteiger partial charge in [0.25, 0.3) is 0 Å². The lowest BCUT2D eigenvalue weighted by Crippen LogP contribution is -2.43. The molecule has 0 radical (unpaired) electrons. The van der Waals surface area contributed by atoms with Crippen molar-refractivity contribution in [3.63, 3.8) is 0 Å². The van der Waals surface area contributed by atoms with E-state index in [1.54, 1.807) is 0 Å². The highest BCUT2D eigenvalue weighted by atomic mass is 28.3. The number of ether oxygens (including phenoxy) is 1. The van der Waals surface area contributed by atoms with Gasteiger partial charge in [-0.2, -0.15) is 0 Å². The van der Waals surface area contributed by atoms with Gasteiger partial charge in [-0.25, -0.2) is 0 Å². The van der Waals surface area contributed by atoms with Crippen molar-refractivity contribution in [1.29, 1.82) is 0 Å². The molecule has 1 atom stereocenters. The molecule has 0 N–H and O–H groups in total. The van der Waals surface area contributed by atoms with Gasteiger partial charge in [0.05, 0.1) is 6.10 Å². The predicted molar refractivity (Wildman–Crippen MR) is 83.4 cm³/mol. The Hall–Kier alpha value is 0.394. The second kappa shape index (κ2) is 5.18. The smallest absolute Gasteiger partial charge is 0.0624 e. The molecule has 102 valence electrons. The molecule has 0 aliphatic carbocycles. The van der Waals surface area contributed by atoms with Crippen molar-refractivity contribution in [3.05, 3.63) is 0 Å². The van der Waals surface area contributed by atoms with E-state index in [2.05, 4.69) is 46.2 Å². The van der Waals surface area contributed by atoms with Crippen molar-refractivity contribution >= 4 is 16.1 Å². The van der Waals surface area contributed by atoms with E-state index in [-0.39, 0.29) is 0 Å². The topological polar surface area (TPSA) is 9.23 Å². The van der Waals surface area contributed by atoms with E-state index in [9.17, 15) is 0 Å². The first-order chi connectivity index (χ1) is 7.52. The van der Waals surface area contributed by atoms with Crippen LogP contribution in [0.4, 0.5) is 0 Å². The molecule has 1 aliphatic rings. The molecule has 1 aliphatic heterocycles. The summed E-state index contributed by atoms with van der Waals surface area (Å²) >= 11 is 0. The first-order valence-electron chi connectivity index (χ1n) is 7.14. The SMILES string of the molecule is CC(C[Si](C)(C)C)(C[Si](C)(C)C)[C@H]1CCCO1. The van der Waals surface area contributed by atoms with E-state index in [4.69, 9.17) is 4.74 Å². The quantitative estimate of drug-likeness (QED) is 0.650. The summed E-state index contributed by atoms with van der Waals surface area (Å²) in [5.41, 5.74) is 0.450. The lowest BCUT2D eigenvalue weighted by molar-refractivity contribution is 0.0277. The maximum Gasteiger partial charge on any atom is 0.0624 e. The van der Waals surface area contributed by atoms with Gasteiger partial charge in [-0.15, -0.1) is 0 Å². The van der Waals surface area contributed by atoms with Gasteiger partial charge in [0.15, 0.2) is 0 Å². The zero-order chi connectivity index (χ0) is 13.3. The molecule has 0 aromatic heterocycles. The normalized spacial score (nSPS) is 23.1. The minimum atomic E-state index is -1.02. The van der Waals surface area contributed by atoms with Crippen LogP contribution in [0.1, 0.15) is 19.8 Å². The highest BCUT2D eigenvalue weighted by molar-refractivity contribution is 6.78. The summed E-state index contributed by atoms with van der Waals surface area (Å²) in [6.07, 6.45) is 3.12. The zero-order valence-corrected chi connectivity index (χ0v) is 15.0. The molecule has 0 saturated carbocycles. The minimum Gasteiger partial charge on any atom is -0.378 e. The minimum absolute atomic E-state index is 0.450. The van der Waals surface area contributed by atoms with Gasteiger partial charge in [-0.1, -0.05) is 58.3 Å². The summed E-state index contributed by atoms with van der Waals surface area (Å²) in [7, 11) is -2.04. The van der Waals surface area contributed by atoms with Crippen LogP contribution in [-0.2, 0) is 4.74 Å². The summed E-state index contributed by atoms with van der Waals surface area (Å²) in [5, 5.41) is 0. The van der Waals surface area contributed by atoms with Gasteiger partial charge in [-0.3, -0.25) is 0 Å². The summed E-state index contributed by atoms with van der Waals surface area (Å²) in [6.45, 7) is 18.5. The zero-order valence-electron chi connectivity index (χ0n) is 13.0. The predicted octanol–water partition coefficient (Wildman–Crippen LogP) is 4.85. The number of hydrogen-bond donors (Lipinski definition) is 0. The van der Waals surface area contributed by atoms with Crippen molar-refractivity contribution < 1.29 is 4.74 Å². The highest BCUT2D eigenvalue weighted by Gasteiger charge is 2.42. The van der Waals surface area contributed by atoms with Crippen LogP contribution in [0.15, 0.2) is 0 Å². The molecular formula is C14H32OSi2. The molecule has 1 fully saturated rings. The summed E-state index contributed by atoms with van der Waals surface area (Å²) in [6, 6.07) is 2.85. The average molecular weight is 273 g/mol. The third-order valence-electron chi connectivity index (χ3n) is 3.58. The first kappa shape index (κ1) is 15.5. The number of rotatable bonds is 5. The standard InChI is InChI=1S/C14H32OSi2/c1-14(11-16(2,3)4,12-17(5,6)7)13-9-8-10-15-13/h13H,8-12H2,1-7H3/t13-/m1/s1. The maximum absolute atomic E-state index is 6.05. The Kier molecular flexibility index (Phi) is 4.71. The van der Waals surface area contributed by atoms with E-state index < -0.39 is 16.1 Å². The van der Waals surface area contributed by atoms with Gasteiger partial charge in [0.2, 0.25) is 0 Å². The molecule has 1 heterocycles.